The summed E-state index contributed by atoms with van der Waals surface area (Å²) in [7, 11) is 0. The molecule has 0 aliphatic carbocycles. The van der Waals surface area contributed by atoms with Crippen LogP contribution in [0.15, 0.2) is 33.7 Å². The number of nitrogens with one attached hydrogen (secondary N) is 1. The molecule has 3 aromatic rings. The zero-order chi connectivity index (χ0) is 15.8. The second-order valence-electron chi connectivity index (χ2n) is 5.60. The maximum absolute atomic E-state index is 13.6. The number of anilines is 1. The molecule has 7 nitrogen and oxygen atoms in total. The Bertz CT molecular complexity index is 906. The van der Waals surface area contributed by atoms with Crippen LogP contribution in [0.2, 0.25) is 0 Å². The van der Waals surface area contributed by atoms with Gasteiger partial charge in [0, 0.05) is 18.5 Å². The number of aromatic nitrogens is 4. The van der Waals surface area contributed by atoms with Crippen molar-refractivity contribution in [2.45, 2.75) is 18.8 Å². The second-order valence-corrected chi connectivity index (χ2v) is 5.60. The average Bonchev–Trinajstić information content (AvgIpc) is 3.01. The van der Waals surface area contributed by atoms with Gasteiger partial charge in [-0.3, -0.25) is 0 Å². The van der Waals surface area contributed by atoms with Gasteiger partial charge in [0.2, 0.25) is 5.89 Å². The largest absolute Gasteiger partial charge is 0.434 e. The molecular weight excluding hydrogens is 301 g/mol. The summed E-state index contributed by atoms with van der Waals surface area (Å²) in [5, 5.41) is 6.89. The number of rotatable bonds is 2. The number of fused-ring (bicyclic) bond motifs is 1. The number of aromatic amines is 1. The number of benzene rings is 1. The maximum atomic E-state index is 13.6. The van der Waals surface area contributed by atoms with E-state index < -0.39 is 5.76 Å². The SMILES string of the molecule is O=c1[nH]nc(C2CCCN(c3ncnc4ccc(F)cc34)C2)o1. The summed E-state index contributed by atoms with van der Waals surface area (Å²) in [5.74, 6) is 0.231. The Morgan fingerprint density at radius 3 is 3.09 bits per heavy atom. The highest BCUT2D eigenvalue weighted by Gasteiger charge is 2.27. The summed E-state index contributed by atoms with van der Waals surface area (Å²) in [5.41, 5.74) is 0.699. The molecule has 0 spiro atoms. The number of hydrogen-bond donors (Lipinski definition) is 1. The van der Waals surface area contributed by atoms with Crippen molar-refractivity contribution in [3.8, 4) is 0 Å². The molecule has 23 heavy (non-hydrogen) atoms. The quantitative estimate of drug-likeness (QED) is 0.776. The lowest BCUT2D eigenvalue weighted by molar-refractivity contribution is 0.384. The molecule has 3 heterocycles. The molecule has 0 amide bonds. The van der Waals surface area contributed by atoms with Gasteiger partial charge in [0.1, 0.15) is 18.0 Å². The number of nitrogens with zero attached hydrogens (tertiary/aromatic N) is 4. The van der Waals surface area contributed by atoms with E-state index in [1.54, 1.807) is 6.07 Å². The molecule has 0 bridgehead atoms. The summed E-state index contributed by atoms with van der Waals surface area (Å²) in [4.78, 5) is 21.7. The van der Waals surface area contributed by atoms with Crippen LogP contribution >= 0.6 is 0 Å². The number of H-pyrrole nitrogens is 1. The van der Waals surface area contributed by atoms with Crippen molar-refractivity contribution in [2.75, 3.05) is 18.0 Å². The van der Waals surface area contributed by atoms with E-state index in [-0.39, 0.29) is 11.7 Å². The third-order valence-corrected chi connectivity index (χ3v) is 4.10. The molecule has 2 aromatic heterocycles. The summed E-state index contributed by atoms with van der Waals surface area (Å²) in [6.07, 6.45) is 3.26. The predicted octanol–water partition coefficient (Wildman–Crippen LogP) is 1.83. The van der Waals surface area contributed by atoms with Crippen LogP contribution in [0.4, 0.5) is 10.2 Å². The third kappa shape index (κ3) is 2.56. The highest BCUT2D eigenvalue weighted by atomic mass is 19.1. The van der Waals surface area contributed by atoms with Gasteiger partial charge in [-0.1, -0.05) is 0 Å². The summed E-state index contributed by atoms with van der Waals surface area (Å²) in [6.45, 7) is 1.41. The molecule has 1 atom stereocenters. The summed E-state index contributed by atoms with van der Waals surface area (Å²) < 4.78 is 18.7. The van der Waals surface area contributed by atoms with Crippen LogP contribution < -0.4 is 10.7 Å². The first-order valence-corrected chi connectivity index (χ1v) is 7.41. The van der Waals surface area contributed by atoms with Gasteiger partial charge in [0.05, 0.1) is 11.4 Å². The molecule has 1 aromatic carbocycles. The molecule has 1 aliphatic rings. The van der Waals surface area contributed by atoms with E-state index in [0.29, 0.717) is 29.2 Å². The Labute approximate surface area is 130 Å². The van der Waals surface area contributed by atoms with E-state index in [9.17, 15) is 9.18 Å². The summed E-state index contributed by atoms with van der Waals surface area (Å²) in [6, 6.07) is 4.48. The Morgan fingerprint density at radius 2 is 2.26 bits per heavy atom. The van der Waals surface area contributed by atoms with Crippen molar-refractivity contribution in [3.05, 3.63) is 46.8 Å². The molecule has 1 N–H and O–H groups in total. The van der Waals surface area contributed by atoms with Crippen LogP contribution in [0.3, 0.4) is 0 Å². The van der Waals surface area contributed by atoms with Gasteiger partial charge in [-0.25, -0.2) is 24.3 Å². The zero-order valence-corrected chi connectivity index (χ0v) is 12.2. The molecule has 4 rings (SSSR count). The van der Waals surface area contributed by atoms with Crippen molar-refractivity contribution < 1.29 is 8.81 Å². The van der Waals surface area contributed by atoms with E-state index >= 15 is 0 Å². The number of piperidine rings is 1. The minimum Gasteiger partial charge on any atom is -0.392 e. The average molecular weight is 315 g/mol. The molecular formula is C15H14FN5O2. The van der Waals surface area contributed by atoms with E-state index in [2.05, 4.69) is 25.1 Å². The molecule has 118 valence electrons. The maximum Gasteiger partial charge on any atom is 0.434 e. The Balaban J connectivity index is 1.70. The molecule has 1 fully saturated rings. The van der Waals surface area contributed by atoms with E-state index in [0.717, 1.165) is 19.4 Å². The molecule has 1 aliphatic heterocycles. The first-order chi connectivity index (χ1) is 11.2. The van der Waals surface area contributed by atoms with Crippen molar-refractivity contribution in [1.82, 2.24) is 20.2 Å². The van der Waals surface area contributed by atoms with Crippen LogP contribution in [-0.2, 0) is 0 Å². The van der Waals surface area contributed by atoms with Crippen molar-refractivity contribution in [2.24, 2.45) is 0 Å². The smallest absolute Gasteiger partial charge is 0.392 e. The fraction of sp³-hybridized carbons (Fsp3) is 0.333. The van der Waals surface area contributed by atoms with E-state index in [1.165, 1.54) is 18.5 Å². The molecule has 1 unspecified atom stereocenters. The molecule has 8 heteroatoms. The van der Waals surface area contributed by atoms with Crippen LogP contribution in [-0.4, -0.2) is 33.3 Å². The molecule has 0 radical (unpaired) electrons. The summed E-state index contributed by atoms with van der Waals surface area (Å²) >= 11 is 0. The predicted molar refractivity (Wildman–Crippen MR) is 80.8 cm³/mol. The van der Waals surface area contributed by atoms with Crippen LogP contribution in [0.1, 0.15) is 24.7 Å². The standard InChI is InChI=1S/C15H14FN5O2/c16-10-3-4-12-11(6-10)13(18-8-17-12)21-5-1-2-9(7-21)14-19-20-15(22)23-14/h3-4,6,8-9H,1-2,5,7H2,(H,20,22). The number of hydrogen-bond acceptors (Lipinski definition) is 6. The van der Waals surface area contributed by atoms with Gasteiger partial charge in [0.15, 0.2) is 0 Å². The van der Waals surface area contributed by atoms with Crippen LogP contribution in [0, 0.1) is 5.82 Å². The molecule has 1 saturated heterocycles. The third-order valence-electron chi connectivity index (χ3n) is 4.10. The Hall–Kier alpha value is -2.77. The van der Waals surface area contributed by atoms with E-state index in [4.69, 9.17) is 4.42 Å². The van der Waals surface area contributed by atoms with Gasteiger partial charge in [-0.05, 0) is 31.0 Å². The second kappa shape index (κ2) is 5.45. The molecule has 0 saturated carbocycles. The Morgan fingerprint density at radius 1 is 1.35 bits per heavy atom. The van der Waals surface area contributed by atoms with Crippen molar-refractivity contribution in [3.63, 3.8) is 0 Å². The monoisotopic (exact) mass is 315 g/mol. The van der Waals surface area contributed by atoms with Gasteiger partial charge in [0.25, 0.3) is 0 Å². The van der Waals surface area contributed by atoms with Gasteiger partial charge < -0.3 is 9.32 Å². The van der Waals surface area contributed by atoms with Gasteiger partial charge in [-0.2, -0.15) is 0 Å². The van der Waals surface area contributed by atoms with Gasteiger partial charge in [-0.15, -0.1) is 5.10 Å². The first kappa shape index (κ1) is 13.9. The number of halogens is 1. The lowest BCUT2D eigenvalue weighted by atomic mass is 9.97. The highest BCUT2D eigenvalue weighted by molar-refractivity contribution is 5.89. The lowest BCUT2D eigenvalue weighted by Crippen LogP contribution is -2.35. The minimum absolute atomic E-state index is 0.00118. The Kier molecular flexibility index (Phi) is 3.29. The van der Waals surface area contributed by atoms with Crippen molar-refractivity contribution in [1.29, 1.82) is 0 Å². The van der Waals surface area contributed by atoms with Gasteiger partial charge >= 0.3 is 5.76 Å². The zero-order valence-electron chi connectivity index (χ0n) is 12.2. The normalized spacial score (nSPS) is 18.5. The minimum atomic E-state index is -0.549. The fourth-order valence-electron chi connectivity index (χ4n) is 3.05. The first-order valence-electron chi connectivity index (χ1n) is 7.41. The van der Waals surface area contributed by atoms with E-state index in [1.807, 2.05) is 0 Å². The highest BCUT2D eigenvalue weighted by Crippen LogP contribution is 2.31. The van der Waals surface area contributed by atoms with Crippen molar-refractivity contribution >= 4 is 16.7 Å². The lowest BCUT2D eigenvalue weighted by Gasteiger charge is -2.32. The van der Waals surface area contributed by atoms with Crippen LogP contribution in [0.5, 0.6) is 0 Å². The fourth-order valence-corrected chi connectivity index (χ4v) is 3.05. The topological polar surface area (TPSA) is 87.9 Å². The van der Waals surface area contributed by atoms with Crippen LogP contribution in [0.25, 0.3) is 10.9 Å².